The zero-order valence-corrected chi connectivity index (χ0v) is 11.4. The van der Waals surface area contributed by atoms with E-state index in [1.807, 2.05) is 13.8 Å². The van der Waals surface area contributed by atoms with E-state index >= 15 is 0 Å². The van der Waals surface area contributed by atoms with Crippen molar-refractivity contribution in [2.75, 3.05) is 0 Å². The van der Waals surface area contributed by atoms with Crippen LogP contribution in [0.25, 0.3) is 11.5 Å². The van der Waals surface area contributed by atoms with Crippen molar-refractivity contribution in [3.8, 4) is 11.5 Å². The van der Waals surface area contributed by atoms with Gasteiger partial charge in [-0.3, -0.25) is 10.1 Å². The summed E-state index contributed by atoms with van der Waals surface area (Å²) < 4.78 is 32.7. The molecule has 0 spiro atoms. The van der Waals surface area contributed by atoms with E-state index in [1.54, 1.807) is 0 Å². The summed E-state index contributed by atoms with van der Waals surface area (Å²) in [6.07, 6.45) is 1.25. The second-order valence-electron chi connectivity index (χ2n) is 4.69. The summed E-state index contributed by atoms with van der Waals surface area (Å²) in [5, 5.41) is 13.7. The Morgan fingerprint density at radius 3 is 2.76 bits per heavy atom. The number of benzene rings is 1. The summed E-state index contributed by atoms with van der Waals surface area (Å²) >= 11 is 0. The summed E-state index contributed by atoms with van der Waals surface area (Å²) in [6, 6.07) is 1.78. The Kier molecular flexibility index (Phi) is 4.27. The van der Waals surface area contributed by atoms with Crippen molar-refractivity contribution >= 4 is 5.69 Å². The molecule has 112 valence electrons. The average molecular weight is 297 g/mol. The van der Waals surface area contributed by atoms with Gasteiger partial charge in [0.2, 0.25) is 11.7 Å². The Hall–Kier alpha value is -2.35. The molecule has 0 aliphatic heterocycles. The smallest absolute Gasteiger partial charge is 0.305 e. The first-order valence-electron chi connectivity index (χ1n) is 6.20. The molecule has 0 fully saturated rings. The Labute approximate surface area is 118 Å². The Bertz CT molecular complexity index is 671. The molecule has 2 rings (SSSR count). The Morgan fingerprint density at radius 2 is 2.14 bits per heavy atom. The van der Waals surface area contributed by atoms with E-state index in [1.165, 1.54) is 6.26 Å². The molecular weight excluding hydrogens is 284 g/mol. The molecule has 0 aliphatic rings. The zero-order chi connectivity index (χ0) is 15.6. The van der Waals surface area contributed by atoms with Crippen LogP contribution in [0.2, 0.25) is 0 Å². The predicted molar refractivity (Wildman–Crippen MR) is 70.5 cm³/mol. The molecule has 0 saturated heterocycles. The summed E-state index contributed by atoms with van der Waals surface area (Å²) in [6.45, 7) is 4.22. The molecule has 1 aromatic heterocycles. The SMILES string of the molecule is CC(C)NCc1coc(-c2c(F)ccc([N+](=O)[O-])c2F)n1. The maximum absolute atomic E-state index is 14.0. The molecule has 1 heterocycles. The van der Waals surface area contributed by atoms with E-state index in [0.717, 1.165) is 12.1 Å². The van der Waals surface area contributed by atoms with Gasteiger partial charge in [0.15, 0.2) is 0 Å². The number of nitrogens with zero attached hydrogens (tertiary/aromatic N) is 2. The number of oxazole rings is 1. The van der Waals surface area contributed by atoms with Gasteiger partial charge in [-0.15, -0.1) is 0 Å². The van der Waals surface area contributed by atoms with Crippen LogP contribution in [0.4, 0.5) is 14.5 Å². The quantitative estimate of drug-likeness (QED) is 0.677. The Balaban J connectivity index is 2.38. The van der Waals surface area contributed by atoms with Crippen LogP contribution in [-0.4, -0.2) is 15.9 Å². The number of aromatic nitrogens is 1. The van der Waals surface area contributed by atoms with Crippen molar-refractivity contribution in [1.29, 1.82) is 0 Å². The highest BCUT2D eigenvalue weighted by molar-refractivity contribution is 5.60. The van der Waals surface area contributed by atoms with Gasteiger partial charge in [0.25, 0.3) is 0 Å². The highest BCUT2D eigenvalue weighted by atomic mass is 19.1. The van der Waals surface area contributed by atoms with Crippen molar-refractivity contribution in [2.24, 2.45) is 0 Å². The van der Waals surface area contributed by atoms with Crippen molar-refractivity contribution in [3.05, 3.63) is 45.8 Å². The summed E-state index contributed by atoms with van der Waals surface area (Å²) in [5.41, 5.74) is -1.02. The van der Waals surface area contributed by atoms with Crippen molar-refractivity contribution in [2.45, 2.75) is 26.4 Å². The lowest BCUT2D eigenvalue weighted by Crippen LogP contribution is -2.21. The van der Waals surface area contributed by atoms with Gasteiger partial charge >= 0.3 is 5.69 Å². The van der Waals surface area contributed by atoms with E-state index in [0.29, 0.717) is 12.2 Å². The van der Waals surface area contributed by atoms with Gasteiger partial charge in [-0.25, -0.2) is 9.37 Å². The first-order valence-corrected chi connectivity index (χ1v) is 6.20. The van der Waals surface area contributed by atoms with Gasteiger partial charge < -0.3 is 9.73 Å². The first-order chi connectivity index (χ1) is 9.90. The molecule has 0 unspecified atom stereocenters. The van der Waals surface area contributed by atoms with Crippen LogP contribution >= 0.6 is 0 Å². The summed E-state index contributed by atoms with van der Waals surface area (Å²) in [7, 11) is 0. The number of nitro groups is 1. The number of rotatable bonds is 5. The third-order valence-corrected chi connectivity index (χ3v) is 2.72. The lowest BCUT2D eigenvalue weighted by Gasteiger charge is -2.04. The molecule has 0 saturated carbocycles. The minimum absolute atomic E-state index is 0.205. The maximum Gasteiger partial charge on any atom is 0.305 e. The molecule has 2 aromatic rings. The fourth-order valence-electron chi connectivity index (χ4n) is 1.69. The summed E-state index contributed by atoms with van der Waals surface area (Å²) in [4.78, 5) is 13.7. The van der Waals surface area contributed by atoms with Crippen LogP contribution in [0.15, 0.2) is 22.8 Å². The number of nitrogens with one attached hydrogen (secondary N) is 1. The minimum atomic E-state index is -1.30. The number of halogens is 2. The second kappa shape index (κ2) is 5.96. The molecule has 0 atom stereocenters. The zero-order valence-electron chi connectivity index (χ0n) is 11.4. The number of hydrogen-bond acceptors (Lipinski definition) is 5. The second-order valence-corrected chi connectivity index (χ2v) is 4.69. The van der Waals surface area contributed by atoms with E-state index in [2.05, 4.69) is 10.3 Å². The minimum Gasteiger partial charge on any atom is -0.444 e. The highest BCUT2D eigenvalue weighted by Gasteiger charge is 2.25. The van der Waals surface area contributed by atoms with Gasteiger partial charge in [-0.05, 0) is 6.07 Å². The first kappa shape index (κ1) is 15.0. The van der Waals surface area contributed by atoms with Crippen molar-refractivity contribution < 1.29 is 18.1 Å². The lowest BCUT2D eigenvalue weighted by atomic mass is 10.1. The number of hydrogen-bond donors (Lipinski definition) is 1. The third kappa shape index (κ3) is 3.22. The van der Waals surface area contributed by atoms with Crippen LogP contribution in [-0.2, 0) is 6.54 Å². The normalized spacial score (nSPS) is 11.1. The van der Waals surface area contributed by atoms with E-state index in [-0.39, 0.29) is 11.9 Å². The van der Waals surface area contributed by atoms with Crippen LogP contribution < -0.4 is 5.32 Å². The molecule has 0 radical (unpaired) electrons. The Morgan fingerprint density at radius 1 is 1.43 bits per heavy atom. The van der Waals surface area contributed by atoms with Crippen molar-refractivity contribution in [1.82, 2.24) is 10.3 Å². The van der Waals surface area contributed by atoms with Crippen LogP contribution in [0, 0.1) is 21.7 Å². The molecule has 8 heteroatoms. The van der Waals surface area contributed by atoms with Crippen LogP contribution in [0.1, 0.15) is 19.5 Å². The molecular formula is C13H13F2N3O3. The lowest BCUT2D eigenvalue weighted by molar-refractivity contribution is -0.387. The summed E-state index contributed by atoms with van der Waals surface area (Å²) in [5.74, 6) is -2.59. The fourth-order valence-corrected chi connectivity index (χ4v) is 1.69. The highest BCUT2D eigenvalue weighted by Crippen LogP contribution is 2.31. The van der Waals surface area contributed by atoms with Gasteiger partial charge in [-0.2, -0.15) is 4.39 Å². The monoisotopic (exact) mass is 297 g/mol. The standard InChI is InChI=1S/C13H13F2N3O3/c1-7(2)16-5-8-6-21-13(17-8)11-9(14)3-4-10(12(11)15)18(19)20/h3-4,6-7,16H,5H2,1-2H3. The van der Waals surface area contributed by atoms with E-state index in [9.17, 15) is 18.9 Å². The maximum atomic E-state index is 14.0. The molecule has 0 aliphatic carbocycles. The van der Waals surface area contributed by atoms with Crippen LogP contribution in [0.3, 0.4) is 0 Å². The molecule has 0 bridgehead atoms. The van der Waals surface area contributed by atoms with Gasteiger partial charge in [0.05, 0.1) is 10.6 Å². The third-order valence-electron chi connectivity index (χ3n) is 2.72. The molecule has 1 N–H and O–H groups in total. The fraction of sp³-hybridized carbons (Fsp3) is 0.308. The van der Waals surface area contributed by atoms with Gasteiger partial charge in [0.1, 0.15) is 17.6 Å². The average Bonchev–Trinajstić information content (AvgIpc) is 2.84. The molecule has 21 heavy (non-hydrogen) atoms. The van der Waals surface area contributed by atoms with E-state index in [4.69, 9.17) is 4.42 Å². The molecule has 0 amide bonds. The van der Waals surface area contributed by atoms with Gasteiger partial charge in [0, 0.05) is 18.7 Å². The van der Waals surface area contributed by atoms with E-state index < -0.39 is 27.8 Å². The molecule has 6 nitrogen and oxygen atoms in total. The predicted octanol–water partition coefficient (Wildman–Crippen LogP) is 3.03. The van der Waals surface area contributed by atoms with Crippen LogP contribution in [0.5, 0.6) is 0 Å². The van der Waals surface area contributed by atoms with Gasteiger partial charge in [-0.1, -0.05) is 13.8 Å². The number of nitro benzene ring substituents is 1. The van der Waals surface area contributed by atoms with Crippen molar-refractivity contribution in [3.63, 3.8) is 0 Å². The molecule has 1 aromatic carbocycles. The largest absolute Gasteiger partial charge is 0.444 e. The topological polar surface area (TPSA) is 81.2 Å².